The van der Waals surface area contributed by atoms with Crippen molar-refractivity contribution in [2.75, 3.05) is 0 Å². The molecular weight excluding hydrogens is 188 g/mol. The van der Waals surface area contributed by atoms with E-state index in [1.165, 1.54) is 0 Å². The van der Waals surface area contributed by atoms with Gasteiger partial charge in [-0.25, -0.2) is 0 Å². The van der Waals surface area contributed by atoms with Crippen molar-refractivity contribution in [3.63, 3.8) is 0 Å². The molecule has 1 rings (SSSR count). The SMILES string of the molecule is CC(C)CC1(C)NC(=S)NC1=S. The second kappa shape index (κ2) is 3.26. The first-order valence-electron chi connectivity index (χ1n) is 4.07. The van der Waals surface area contributed by atoms with E-state index in [-0.39, 0.29) is 5.54 Å². The van der Waals surface area contributed by atoms with Crippen molar-refractivity contribution in [1.82, 2.24) is 10.6 Å². The number of nitrogens with one attached hydrogen (secondary N) is 2. The van der Waals surface area contributed by atoms with Crippen molar-refractivity contribution in [3.8, 4) is 0 Å². The first-order chi connectivity index (χ1) is 5.44. The Morgan fingerprint density at radius 3 is 2.33 bits per heavy atom. The zero-order chi connectivity index (χ0) is 9.35. The first kappa shape index (κ1) is 9.86. The molecule has 1 atom stereocenters. The molecule has 12 heavy (non-hydrogen) atoms. The molecule has 0 aromatic carbocycles. The molecule has 1 fully saturated rings. The van der Waals surface area contributed by atoms with Gasteiger partial charge in [-0.15, -0.1) is 0 Å². The van der Waals surface area contributed by atoms with Gasteiger partial charge in [0.25, 0.3) is 0 Å². The Kier molecular flexibility index (Phi) is 2.68. The lowest BCUT2D eigenvalue weighted by molar-refractivity contribution is 0.441. The quantitative estimate of drug-likeness (QED) is 0.664. The maximum absolute atomic E-state index is 5.19. The molecule has 4 heteroatoms. The molecule has 0 saturated carbocycles. The van der Waals surface area contributed by atoms with Crippen LogP contribution in [0.2, 0.25) is 0 Å². The Labute approximate surface area is 84.1 Å². The molecule has 0 amide bonds. The van der Waals surface area contributed by atoms with Gasteiger partial charge in [0.05, 0.1) is 5.54 Å². The summed E-state index contributed by atoms with van der Waals surface area (Å²) in [6.07, 6.45) is 1.01. The second-order valence-corrected chi connectivity index (χ2v) is 4.65. The van der Waals surface area contributed by atoms with Crippen LogP contribution in [0.15, 0.2) is 0 Å². The normalized spacial score (nSPS) is 29.0. The van der Waals surface area contributed by atoms with Crippen LogP contribution >= 0.6 is 24.4 Å². The molecule has 0 aromatic rings. The smallest absolute Gasteiger partial charge is 0.171 e. The zero-order valence-corrected chi connectivity index (χ0v) is 9.23. The molecule has 0 bridgehead atoms. The van der Waals surface area contributed by atoms with Crippen LogP contribution in [0.1, 0.15) is 27.2 Å². The molecule has 1 saturated heterocycles. The lowest BCUT2D eigenvalue weighted by Gasteiger charge is -2.25. The first-order valence-corrected chi connectivity index (χ1v) is 4.89. The monoisotopic (exact) mass is 202 g/mol. The third kappa shape index (κ3) is 1.93. The van der Waals surface area contributed by atoms with Crippen LogP contribution in [0.3, 0.4) is 0 Å². The fourth-order valence-corrected chi connectivity index (χ4v) is 2.17. The van der Waals surface area contributed by atoms with Crippen LogP contribution in [-0.4, -0.2) is 15.6 Å². The minimum atomic E-state index is -0.124. The molecular formula is C8H14N2S2. The third-order valence-electron chi connectivity index (χ3n) is 1.93. The van der Waals surface area contributed by atoms with Gasteiger partial charge in [-0.2, -0.15) is 0 Å². The highest BCUT2D eigenvalue weighted by Gasteiger charge is 2.36. The summed E-state index contributed by atoms with van der Waals surface area (Å²) < 4.78 is 0. The molecule has 0 aliphatic carbocycles. The highest BCUT2D eigenvalue weighted by Crippen LogP contribution is 2.20. The van der Waals surface area contributed by atoms with E-state index in [1.54, 1.807) is 0 Å². The van der Waals surface area contributed by atoms with E-state index in [0.29, 0.717) is 11.0 Å². The highest BCUT2D eigenvalue weighted by molar-refractivity contribution is 7.82. The summed E-state index contributed by atoms with van der Waals surface area (Å²) >= 11 is 10.2. The van der Waals surface area contributed by atoms with Crippen LogP contribution < -0.4 is 10.6 Å². The van der Waals surface area contributed by atoms with Gasteiger partial charge in [0.2, 0.25) is 0 Å². The minimum absolute atomic E-state index is 0.124. The van der Waals surface area contributed by atoms with Crippen molar-refractivity contribution < 1.29 is 0 Å². The number of thiocarbonyl (C=S) groups is 2. The average Bonchev–Trinajstić information content (AvgIpc) is 2.04. The number of hydrogen-bond acceptors (Lipinski definition) is 2. The lowest BCUT2D eigenvalue weighted by Crippen LogP contribution is -2.43. The molecule has 1 aliphatic rings. The summed E-state index contributed by atoms with van der Waals surface area (Å²) in [5, 5.41) is 6.81. The predicted molar refractivity (Wildman–Crippen MR) is 59.3 cm³/mol. The molecule has 68 valence electrons. The van der Waals surface area contributed by atoms with E-state index >= 15 is 0 Å². The topological polar surface area (TPSA) is 24.1 Å². The highest BCUT2D eigenvalue weighted by atomic mass is 32.1. The standard InChI is InChI=1S/C8H14N2S2/c1-5(2)4-8(3)6(11)9-7(12)10-8/h5H,4H2,1-3H3,(H2,9,10,11,12). The van der Waals surface area contributed by atoms with Crippen molar-refractivity contribution in [1.29, 1.82) is 0 Å². The van der Waals surface area contributed by atoms with Crippen LogP contribution in [0.4, 0.5) is 0 Å². The Balaban J connectivity index is 2.71. The van der Waals surface area contributed by atoms with Crippen LogP contribution in [0.5, 0.6) is 0 Å². The fraction of sp³-hybridized carbons (Fsp3) is 0.750. The van der Waals surface area contributed by atoms with E-state index < -0.39 is 0 Å². The van der Waals surface area contributed by atoms with E-state index in [1.807, 2.05) is 0 Å². The summed E-state index contributed by atoms with van der Waals surface area (Å²) in [6, 6.07) is 0. The molecule has 0 radical (unpaired) electrons. The number of rotatable bonds is 2. The zero-order valence-electron chi connectivity index (χ0n) is 7.60. The number of hydrogen-bond donors (Lipinski definition) is 2. The van der Waals surface area contributed by atoms with Crippen LogP contribution in [-0.2, 0) is 0 Å². The molecule has 1 unspecified atom stereocenters. The van der Waals surface area contributed by atoms with E-state index in [4.69, 9.17) is 24.4 Å². The van der Waals surface area contributed by atoms with Crippen molar-refractivity contribution >= 4 is 34.5 Å². The molecule has 2 nitrogen and oxygen atoms in total. The Morgan fingerprint density at radius 1 is 1.42 bits per heavy atom. The van der Waals surface area contributed by atoms with E-state index in [9.17, 15) is 0 Å². The van der Waals surface area contributed by atoms with Gasteiger partial charge in [-0.05, 0) is 31.5 Å². The third-order valence-corrected chi connectivity index (χ3v) is 2.69. The summed E-state index contributed by atoms with van der Waals surface area (Å²) in [4.78, 5) is 0.821. The second-order valence-electron chi connectivity index (χ2n) is 3.84. The summed E-state index contributed by atoms with van der Waals surface area (Å²) in [6.45, 7) is 6.44. The van der Waals surface area contributed by atoms with Crippen molar-refractivity contribution in [3.05, 3.63) is 0 Å². The van der Waals surface area contributed by atoms with Crippen molar-refractivity contribution in [2.24, 2.45) is 5.92 Å². The van der Waals surface area contributed by atoms with Gasteiger partial charge in [0, 0.05) is 0 Å². The maximum atomic E-state index is 5.19. The lowest BCUT2D eigenvalue weighted by atomic mass is 9.92. The summed E-state index contributed by atoms with van der Waals surface area (Å²) in [5.41, 5.74) is -0.124. The molecule has 0 spiro atoms. The van der Waals surface area contributed by atoms with E-state index in [0.717, 1.165) is 11.4 Å². The van der Waals surface area contributed by atoms with Gasteiger partial charge in [0.1, 0.15) is 4.99 Å². The molecule has 0 aromatic heterocycles. The van der Waals surface area contributed by atoms with E-state index in [2.05, 4.69) is 31.4 Å². The van der Waals surface area contributed by atoms with Gasteiger partial charge in [-0.1, -0.05) is 26.1 Å². The largest absolute Gasteiger partial charge is 0.351 e. The van der Waals surface area contributed by atoms with Crippen LogP contribution in [0, 0.1) is 5.92 Å². The Morgan fingerprint density at radius 2 is 2.00 bits per heavy atom. The minimum Gasteiger partial charge on any atom is -0.351 e. The molecule has 2 N–H and O–H groups in total. The fourth-order valence-electron chi connectivity index (χ4n) is 1.54. The predicted octanol–water partition coefficient (Wildman–Crippen LogP) is 1.60. The summed E-state index contributed by atoms with van der Waals surface area (Å²) in [5.74, 6) is 0.614. The Hall–Kier alpha value is -0.220. The van der Waals surface area contributed by atoms with Gasteiger partial charge < -0.3 is 10.6 Å². The maximum Gasteiger partial charge on any atom is 0.171 e. The van der Waals surface area contributed by atoms with Crippen LogP contribution in [0.25, 0.3) is 0 Å². The molecule has 1 heterocycles. The Bertz CT molecular complexity index is 225. The van der Waals surface area contributed by atoms with Crippen molar-refractivity contribution in [2.45, 2.75) is 32.7 Å². The van der Waals surface area contributed by atoms with Gasteiger partial charge >= 0.3 is 0 Å². The van der Waals surface area contributed by atoms with Gasteiger partial charge in [0.15, 0.2) is 5.11 Å². The van der Waals surface area contributed by atoms with Gasteiger partial charge in [-0.3, -0.25) is 0 Å². The molecule has 1 aliphatic heterocycles. The summed E-state index contributed by atoms with van der Waals surface area (Å²) in [7, 11) is 0. The average molecular weight is 202 g/mol.